The third-order valence-corrected chi connectivity index (χ3v) is 4.64. The number of esters is 1. The van der Waals surface area contributed by atoms with Crippen LogP contribution in [0.4, 0.5) is 5.69 Å². The summed E-state index contributed by atoms with van der Waals surface area (Å²) in [5.41, 5.74) is 0.274. The molecule has 1 N–H and O–H groups in total. The first-order valence-corrected chi connectivity index (χ1v) is 7.48. The van der Waals surface area contributed by atoms with Crippen LogP contribution in [0.3, 0.4) is 0 Å². The maximum Gasteiger partial charge on any atom is 0.331 e. The maximum absolute atomic E-state index is 12.4. The molecule has 0 saturated heterocycles. The second-order valence-corrected chi connectivity index (χ2v) is 6.31. The normalized spacial score (nSPS) is 29.8. The average Bonchev–Trinajstić information content (AvgIpc) is 2.43. The van der Waals surface area contributed by atoms with E-state index in [9.17, 15) is 4.79 Å². The Morgan fingerprint density at radius 3 is 2.55 bits per heavy atom. The topological polar surface area (TPSA) is 38.3 Å². The number of carbonyl (C=O) groups is 1. The zero-order valence-corrected chi connectivity index (χ0v) is 13.0. The Morgan fingerprint density at radius 1 is 1.35 bits per heavy atom. The number of anilines is 1. The van der Waals surface area contributed by atoms with E-state index in [2.05, 4.69) is 19.2 Å². The van der Waals surface area contributed by atoms with Crippen molar-refractivity contribution in [3.05, 3.63) is 29.3 Å². The van der Waals surface area contributed by atoms with Gasteiger partial charge in [-0.05, 0) is 55.4 Å². The third-order valence-electron chi connectivity index (χ3n) is 4.39. The quantitative estimate of drug-likeness (QED) is 0.853. The standard InChI is InChI=1S/C16H22ClNO2/c1-11-8-9-16(12(2)10-11,15(19)20-3)18-14-6-4-13(17)5-7-14/h4-7,11-12,18H,8-10H2,1-3H3. The summed E-state index contributed by atoms with van der Waals surface area (Å²) >= 11 is 5.91. The lowest BCUT2D eigenvalue weighted by Gasteiger charge is -2.43. The molecule has 1 aliphatic rings. The second-order valence-electron chi connectivity index (χ2n) is 5.88. The lowest BCUT2D eigenvalue weighted by atomic mass is 9.69. The number of carbonyl (C=O) groups excluding carboxylic acids is 1. The SMILES string of the molecule is COC(=O)C1(Nc2ccc(Cl)cc2)CCC(C)CC1C. The molecular weight excluding hydrogens is 274 g/mol. The van der Waals surface area contributed by atoms with Crippen molar-refractivity contribution in [3.8, 4) is 0 Å². The summed E-state index contributed by atoms with van der Waals surface area (Å²) in [6.45, 7) is 4.36. The van der Waals surface area contributed by atoms with Crippen LogP contribution in [-0.4, -0.2) is 18.6 Å². The van der Waals surface area contributed by atoms with Gasteiger partial charge in [0.1, 0.15) is 5.54 Å². The van der Waals surface area contributed by atoms with Gasteiger partial charge in [-0.1, -0.05) is 25.4 Å². The van der Waals surface area contributed by atoms with Gasteiger partial charge in [0.05, 0.1) is 7.11 Å². The molecular formula is C16H22ClNO2. The van der Waals surface area contributed by atoms with E-state index in [1.807, 2.05) is 24.3 Å². The summed E-state index contributed by atoms with van der Waals surface area (Å²) in [6.07, 6.45) is 2.85. The maximum atomic E-state index is 12.4. The van der Waals surface area contributed by atoms with Gasteiger partial charge in [-0.25, -0.2) is 4.79 Å². The van der Waals surface area contributed by atoms with E-state index in [4.69, 9.17) is 16.3 Å². The molecule has 3 unspecified atom stereocenters. The molecule has 4 heteroatoms. The molecule has 1 aromatic carbocycles. The molecule has 3 atom stereocenters. The molecule has 0 bridgehead atoms. The summed E-state index contributed by atoms with van der Waals surface area (Å²) in [7, 11) is 1.46. The Labute approximate surface area is 125 Å². The van der Waals surface area contributed by atoms with Gasteiger partial charge in [0, 0.05) is 10.7 Å². The van der Waals surface area contributed by atoms with Crippen molar-refractivity contribution in [2.75, 3.05) is 12.4 Å². The highest BCUT2D eigenvalue weighted by Crippen LogP contribution is 2.40. The average molecular weight is 296 g/mol. The van der Waals surface area contributed by atoms with Crippen LogP contribution in [-0.2, 0) is 9.53 Å². The second kappa shape index (κ2) is 6.04. The Morgan fingerprint density at radius 2 is 2.00 bits per heavy atom. The molecule has 1 aromatic rings. The lowest BCUT2D eigenvalue weighted by Crippen LogP contribution is -2.55. The Hall–Kier alpha value is -1.22. The minimum absolute atomic E-state index is 0.174. The van der Waals surface area contributed by atoms with Crippen LogP contribution in [0.2, 0.25) is 5.02 Å². The van der Waals surface area contributed by atoms with Crippen LogP contribution in [0.5, 0.6) is 0 Å². The highest BCUT2D eigenvalue weighted by molar-refractivity contribution is 6.30. The highest BCUT2D eigenvalue weighted by Gasteiger charge is 2.47. The number of hydrogen-bond donors (Lipinski definition) is 1. The fourth-order valence-electron chi connectivity index (χ4n) is 3.16. The van der Waals surface area contributed by atoms with Gasteiger partial charge >= 0.3 is 5.97 Å². The molecule has 1 fully saturated rings. The van der Waals surface area contributed by atoms with Crippen molar-refractivity contribution in [2.24, 2.45) is 11.8 Å². The summed E-state index contributed by atoms with van der Waals surface area (Å²) in [6, 6.07) is 7.45. The van der Waals surface area contributed by atoms with E-state index < -0.39 is 5.54 Å². The van der Waals surface area contributed by atoms with Gasteiger partial charge < -0.3 is 10.1 Å². The van der Waals surface area contributed by atoms with Crippen LogP contribution in [0.15, 0.2) is 24.3 Å². The minimum Gasteiger partial charge on any atom is -0.467 e. The van der Waals surface area contributed by atoms with Crippen LogP contribution in [0.25, 0.3) is 0 Å². The number of hydrogen-bond acceptors (Lipinski definition) is 3. The Kier molecular flexibility index (Phi) is 4.59. The van der Waals surface area contributed by atoms with Crippen LogP contribution < -0.4 is 5.32 Å². The molecule has 0 aromatic heterocycles. The number of ether oxygens (including phenoxy) is 1. The van der Waals surface area contributed by atoms with E-state index in [0.29, 0.717) is 10.9 Å². The van der Waals surface area contributed by atoms with Crippen LogP contribution in [0, 0.1) is 11.8 Å². The van der Waals surface area contributed by atoms with Gasteiger partial charge in [0.15, 0.2) is 0 Å². The predicted octanol–water partition coefficient (Wildman–Crippen LogP) is 4.12. The number of methoxy groups -OCH3 is 1. The van der Waals surface area contributed by atoms with Crippen molar-refractivity contribution in [2.45, 2.75) is 38.6 Å². The van der Waals surface area contributed by atoms with Gasteiger partial charge in [-0.3, -0.25) is 0 Å². The Bertz CT molecular complexity index is 474. The number of nitrogens with one attached hydrogen (secondary N) is 1. The van der Waals surface area contributed by atoms with Gasteiger partial charge in [0.25, 0.3) is 0 Å². The van der Waals surface area contributed by atoms with Gasteiger partial charge in [-0.15, -0.1) is 0 Å². The number of benzene rings is 1. The number of halogens is 1. The van der Waals surface area contributed by atoms with E-state index in [-0.39, 0.29) is 11.9 Å². The summed E-state index contributed by atoms with van der Waals surface area (Å²) in [4.78, 5) is 12.4. The number of rotatable bonds is 3. The molecule has 0 heterocycles. The molecule has 110 valence electrons. The Balaban J connectivity index is 2.28. The zero-order valence-electron chi connectivity index (χ0n) is 12.3. The van der Waals surface area contributed by atoms with Gasteiger partial charge in [0.2, 0.25) is 0 Å². The minimum atomic E-state index is -0.630. The van der Waals surface area contributed by atoms with Crippen molar-refractivity contribution >= 4 is 23.3 Å². The molecule has 0 spiro atoms. The largest absolute Gasteiger partial charge is 0.467 e. The first-order chi connectivity index (χ1) is 9.48. The van der Waals surface area contributed by atoms with Crippen molar-refractivity contribution in [1.82, 2.24) is 0 Å². The predicted molar refractivity (Wildman–Crippen MR) is 82.0 cm³/mol. The fourth-order valence-corrected chi connectivity index (χ4v) is 3.28. The van der Waals surface area contributed by atoms with Gasteiger partial charge in [-0.2, -0.15) is 0 Å². The molecule has 0 radical (unpaired) electrons. The first-order valence-electron chi connectivity index (χ1n) is 7.10. The van der Waals surface area contributed by atoms with Crippen molar-refractivity contribution in [1.29, 1.82) is 0 Å². The summed E-state index contributed by atoms with van der Waals surface area (Å²) < 4.78 is 5.07. The zero-order chi connectivity index (χ0) is 14.8. The summed E-state index contributed by atoms with van der Waals surface area (Å²) in [5.74, 6) is 0.705. The highest BCUT2D eigenvalue weighted by atomic mass is 35.5. The molecule has 0 amide bonds. The summed E-state index contributed by atoms with van der Waals surface area (Å²) in [5, 5.41) is 4.10. The van der Waals surface area contributed by atoms with E-state index >= 15 is 0 Å². The van der Waals surface area contributed by atoms with E-state index in [0.717, 1.165) is 24.9 Å². The van der Waals surface area contributed by atoms with Crippen LogP contribution >= 0.6 is 11.6 Å². The van der Waals surface area contributed by atoms with E-state index in [1.165, 1.54) is 7.11 Å². The molecule has 1 aliphatic carbocycles. The molecule has 2 rings (SSSR count). The van der Waals surface area contributed by atoms with E-state index in [1.54, 1.807) is 0 Å². The fraction of sp³-hybridized carbons (Fsp3) is 0.562. The third kappa shape index (κ3) is 2.93. The van der Waals surface area contributed by atoms with Crippen molar-refractivity contribution < 1.29 is 9.53 Å². The lowest BCUT2D eigenvalue weighted by molar-refractivity contribution is -0.149. The molecule has 3 nitrogen and oxygen atoms in total. The van der Waals surface area contributed by atoms with Crippen LogP contribution in [0.1, 0.15) is 33.1 Å². The molecule has 1 saturated carbocycles. The molecule has 0 aliphatic heterocycles. The smallest absolute Gasteiger partial charge is 0.331 e. The monoisotopic (exact) mass is 295 g/mol. The van der Waals surface area contributed by atoms with Crippen molar-refractivity contribution in [3.63, 3.8) is 0 Å². The molecule has 20 heavy (non-hydrogen) atoms. The first kappa shape index (κ1) is 15.2.